The number of anilines is 1. The quantitative estimate of drug-likeness (QED) is 0.782. The fraction of sp³-hybridized carbons (Fsp3) is 0.474. The van der Waals surface area contributed by atoms with E-state index in [9.17, 15) is 13.2 Å². The lowest BCUT2D eigenvalue weighted by Crippen LogP contribution is -2.54. The Bertz CT molecular complexity index is 931. The molecule has 1 amide bonds. The molecule has 3 rings (SSSR count). The minimum atomic E-state index is -3.56. The van der Waals surface area contributed by atoms with Crippen LogP contribution in [0.3, 0.4) is 0 Å². The van der Waals surface area contributed by atoms with Crippen LogP contribution in [0.1, 0.15) is 29.5 Å². The molecule has 1 aliphatic rings. The van der Waals surface area contributed by atoms with E-state index in [0.717, 1.165) is 23.1 Å². The molecule has 1 atom stereocenters. The van der Waals surface area contributed by atoms with E-state index in [1.165, 1.54) is 10.6 Å². The molecule has 1 fully saturated rings. The van der Waals surface area contributed by atoms with Gasteiger partial charge < -0.3 is 0 Å². The lowest BCUT2D eigenvalue weighted by Gasteiger charge is -2.37. The van der Waals surface area contributed by atoms with Gasteiger partial charge >= 0.3 is 0 Å². The maximum Gasteiger partial charge on any atom is 0.246 e. The highest BCUT2D eigenvalue weighted by Crippen LogP contribution is 2.26. The van der Waals surface area contributed by atoms with Gasteiger partial charge in [0.2, 0.25) is 15.9 Å². The van der Waals surface area contributed by atoms with E-state index in [-0.39, 0.29) is 12.5 Å². The molecular weight excluding hydrogens is 364 g/mol. The monoisotopic (exact) mass is 390 g/mol. The highest BCUT2D eigenvalue weighted by molar-refractivity contribution is 7.88. The van der Waals surface area contributed by atoms with Crippen LogP contribution in [0.4, 0.5) is 5.82 Å². The fourth-order valence-electron chi connectivity index (χ4n) is 3.78. The van der Waals surface area contributed by atoms with Gasteiger partial charge in [0.15, 0.2) is 0 Å². The largest absolute Gasteiger partial charge is 0.296 e. The van der Waals surface area contributed by atoms with Crippen molar-refractivity contribution < 1.29 is 13.2 Å². The number of aromatic nitrogens is 2. The molecule has 8 heteroatoms. The van der Waals surface area contributed by atoms with Crippen LogP contribution in [0, 0.1) is 13.8 Å². The molecule has 27 heavy (non-hydrogen) atoms. The van der Waals surface area contributed by atoms with E-state index >= 15 is 0 Å². The Morgan fingerprint density at radius 1 is 1.22 bits per heavy atom. The average Bonchev–Trinajstić information content (AvgIpc) is 2.97. The van der Waals surface area contributed by atoms with Gasteiger partial charge in [-0.2, -0.15) is 9.40 Å². The Balaban J connectivity index is 1.93. The summed E-state index contributed by atoms with van der Waals surface area (Å²) in [6, 6.07) is 7.05. The molecule has 0 aliphatic carbocycles. The molecule has 0 radical (unpaired) electrons. The first-order chi connectivity index (χ1) is 12.7. The number of nitrogens with zero attached hydrogens (tertiary/aromatic N) is 4. The second-order valence-electron chi connectivity index (χ2n) is 7.27. The predicted octanol–water partition coefficient (Wildman–Crippen LogP) is 1.99. The highest BCUT2D eigenvalue weighted by Gasteiger charge is 2.38. The van der Waals surface area contributed by atoms with Crippen molar-refractivity contribution in [1.82, 2.24) is 14.1 Å². The van der Waals surface area contributed by atoms with Crippen LogP contribution in [0.5, 0.6) is 0 Å². The van der Waals surface area contributed by atoms with Gasteiger partial charge in [-0.3, -0.25) is 14.4 Å². The van der Waals surface area contributed by atoms with Gasteiger partial charge in [-0.25, -0.2) is 8.42 Å². The Labute approximate surface area is 160 Å². The fourth-order valence-corrected chi connectivity index (χ4v) is 4.82. The van der Waals surface area contributed by atoms with E-state index in [2.05, 4.69) is 5.10 Å². The van der Waals surface area contributed by atoms with Crippen molar-refractivity contribution in [3.8, 4) is 0 Å². The van der Waals surface area contributed by atoms with E-state index in [1.807, 2.05) is 32.0 Å². The summed E-state index contributed by atoms with van der Waals surface area (Å²) in [4.78, 5) is 14.8. The number of hydrogen-bond donors (Lipinski definition) is 0. The normalized spacial score (nSPS) is 18.3. The Morgan fingerprint density at radius 3 is 2.44 bits per heavy atom. The van der Waals surface area contributed by atoms with Crippen LogP contribution in [-0.4, -0.2) is 47.3 Å². The minimum Gasteiger partial charge on any atom is -0.296 e. The number of sulfonamides is 1. The van der Waals surface area contributed by atoms with E-state index in [4.69, 9.17) is 0 Å². The molecule has 1 aromatic carbocycles. The molecule has 0 saturated carbocycles. The summed E-state index contributed by atoms with van der Waals surface area (Å²) < 4.78 is 28.1. The maximum atomic E-state index is 13.2. The first kappa shape index (κ1) is 19.6. The molecule has 2 aromatic rings. The topological polar surface area (TPSA) is 75.5 Å². The zero-order valence-electron chi connectivity index (χ0n) is 16.2. The number of carbonyl (C=O) groups is 1. The van der Waals surface area contributed by atoms with E-state index < -0.39 is 16.1 Å². The van der Waals surface area contributed by atoms with E-state index in [1.54, 1.807) is 28.9 Å². The van der Waals surface area contributed by atoms with Crippen molar-refractivity contribution in [2.75, 3.05) is 17.7 Å². The Hall–Kier alpha value is -2.19. The average molecular weight is 391 g/mol. The smallest absolute Gasteiger partial charge is 0.246 e. The molecule has 1 saturated heterocycles. The van der Waals surface area contributed by atoms with E-state index in [0.29, 0.717) is 18.8 Å². The second-order valence-corrected chi connectivity index (χ2v) is 9.20. The van der Waals surface area contributed by atoms with Crippen LogP contribution in [0.25, 0.3) is 0 Å². The van der Waals surface area contributed by atoms with Crippen LogP contribution in [0.2, 0.25) is 0 Å². The van der Waals surface area contributed by atoms with Crippen LogP contribution in [0.15, 0.2) is 30.5 Å². The SMILES string of the molecule is Cc1cc(C)cc(CN([C@H]2CCCN(c3ccnn3C)C2=O)S(C)(=O)=O)c1. The Morgan fingerprint density at radius 2 is 1.89 bits per heavy atom. The second kappa shape index (κ2) is 7.44. The molecule has 7 nitrogen and oxygen atoms in total. The van der Waals surface area contributed by atoms with Gasteiger partial charge in [0.1, 0.15) is 11.9 Å². The van der Waals surface area contributed by atoms with Crippen molar-refractivity contribution in [1.29, 1.82) is 0 Å². The number of aryl methyl sites for hydroxylation is 3. The van der Waals surface area contributed by atoms with Crippen molar-refractivity contribution in [2.24, 2.45) is 7.05 Å². The maximum absolute atomic E-state index is 13.2. The van der Waals surface area contributed by atoms with Crippen molar-refractivity contribution in [3.63, 3.8) is 0 Å². The third-order valence-electron chi connectivity index (χ3n) is 4.88. The molecule has 0 spiro atoms. The third-order valence-corrected chi connectivity index (χ3v) is 6.11. The van der Waals surface area contributed by atoms with Crippen LogP contribution >= 0.6 is 0 Å². The van der Waals surface area contributed by atoms with Gasteiger partial charge in [0, 0.05) is 26.2 Å². The number of hydrogen-bond acceptors (Lipinski definition) is 4. The Kier molecular flexibility index (Phi) is 5.39. The lowest BCUT2D eigenvalue weighted by molar-refractivity contribution is -0.123. The van der Waals surface area contributed by atoms with Crippen molar-refractivity contribution >= 4 is 21.7 Å². The number of benzene rings is 1. The molecule has 0 bridgehead atoms. The van der Waals surface area contributed by atoms with Crippen molar-refractivity contribution in [3.05, 3.63) is 47.2 Å². The first-order valence-corrected chi connectivity index (χ1v) is 10.8. The number of rotatable bonds is 5. The van der Waals surface area contributed by atoms with Gasteiger partial charge in [-0.15, -0.1) is 0 Å². The predicted molar refractivity (Wildman–Crippen MR) is 105 cm³/mol. The molecule has 0 N–H and O–H groups in total. The summed E-state index contributed by atoms with van der Waals surface area (Å²) >= 11 is 0. The van der Waals surface area contributed by atoms with Crippen molar-refractivity contribution in [2.45, 2.75) is 39.3 Å². The zero-order valence-corrected chi connectivity index (χ0v) is 17.0. The summed E-state index contributed by atoms with van der Waals surface area (Å²) in [5, 5.41) is 4.12. The summed E-state index contributed by atoms with van der Waals surface area (Å²) in [6.45, 7) is 4.72. The van der Waals surface area contributed by atoms with Gasteiger partial charge in [0.25, 0.3) is 0 Å². The summed E-state index contributed by atoms with van der Waals surface area (Å²) in [5.41, 5.74) is 3.04. The number of carbonyl (C=O) groups excluding carboxylic acids is 1. The molecular formula is C19H26N4O3S. The molecule has 146 valence electrons. The van der Waals surface area contributed by atoms with Crippen LogP contribution in [-0.2, 0) is 28.4 Å². The lowest BCUT2D eigenvalue weighted by atomic mass is 10.0. The summed E-state index contributed by atoms with van der Waals surface area (Å²) in [7, 11) is -1.79. The number of piperidine rings is 1. The summed E-state index contributed by atoms with van der Waals surface area (Å²) in [5.74, 6) is 0.490. The molecule has 1 aromatic heterocycles. The molecule has 1 aliphatic heterocycles. The van der Waals surface area contributed by atoms with Gasteiger partial charge in [-0.05, 0) is 32.3 Å². The molecule has 2 heterocycles. The van der Waals surface area contributed by atoms with Crippen LogP contribution < -0.4 is 4.90 Å². The highest BCUT2D eigenvalue weighted by atomic mass is 32.2. The minimum absolute atomic E-state index is 0.191. The first-order valence-electron chi connectivity index (χ1n) is 9.00. The summed E-state index contributed by atoms with van der Waals surface area (Å²) in [6.07, 6.45) is 4.06. The third kappa shape index (κ3) is 4.22. The zero-order chi connectivity index (χ0) is 19.8. The van der Waals surface area contributed by atoms with Gasteiger partial charge in [-0.1, -0.05) is 29.3 Å². The standard InChI is InChI=1S/C19H26N4O3S/c1-14-10-15(2)12-16(11-14)13-23(27(4,25)26)17-6-5-9-22(19(17)24)18-7-8-20-21(18)3/h7-8,10-12,17H,5-6,9,13H2,1-4H3/t17-/m0/s1. The number of amides is 1. The van der Waals surface area contributed by atoms with Gasteiger partial charge in [0.05, 0.1) is 12.5 Å². The molecule has 0 unspecified atom stereocenters.